The van der Waals surface area contributed by atoms with Gasteiger partial charge in [-0.1, -0.05) is 49.4 Å². The number of carbonyl (C=O) groups is 1. The zero-order valence-corrected chi connectivity index (χ0v) is 14.1. The van der Waals surface area contributed by atoms with Crippen LogP contribution in [0.2, 0.25) is 0 Å². The third-order valence-electron chi connectivity index (χ3n) is 4.80. The lowest BCUT2D eigenvalue weighted by molar-refractivity contribution is 0.100. The number of fused-ring (bicyclic) bond motifs is 3. The second-order valence-corrected chi connectivity index (χ2v) is 6.20. The van der Waals surface area contributed by atoms with Crippen molar-refractivity contribution >= 4 is 27.7 Å². The Kier molecular flexibility index (Phi) is 3.77. The van der Waals surface area contributed by atoms with Gasteiger partial charge in [0.25, 0.3) is 0 Å². The molecule has 1 radical (unpaired) electrons. The van der Waals surface area contributed by atoms with Crippen molar-refractivity contribution in [2.24, 2.45) is 5.73 Å². The lowest BCUT2D eigenvalue weighted by Crippen LogP contribution is -2.11. The Morgan fingerprint density at radius 3 is 2.52 bits per heavy atom. The molecule has 0 aliphatic carbocycles. The largest absolute Gasteiger partial charge is 0.366 e. The van der Waals surface area contributed by atoms with Gasteiger partial charge in [-0.2, -0.15) is 0 Å². The normalized spacial score (nSPS) is 11.2. The quantitative estimate of drug-likeness (QED) is 0.597. The standard InChI is InChI=1S/C22H19N2O/c1-2-15-8-3-4-9-16(15)14-24-19-12-6-5-10-17(19)21-18(22(23)25)11-7-13-20(21)24/h3-9,11-13H,2,14H2,1H3,(H2,23,25). The zero-order chi connectivity index (χ0) is 17.4. The van der Waals surface area contributed by atoms with Gasteiger partial charge < -0.3 is 10.3 Å². The van der Waals surface area contributed by atoms with E-state index in [2.05, 4.69) is 47.9 Å². The van der Waals surface area contributed by atoms with Gasteiger partial charge in [0, 0.05) is 22.9 Å². The van der Waals surface area contributed by atoms with Crippen molar-refractivity contribution < 1.29 is 4.79 Å². The monoisotopic (exact) mass is 327 g/mol. The first-order chi connectivity index (χ1) is 12.2. The maximum atomic E-state index is 11.9. The number of hydrogen-bond acceptors (Lipinski definition) is 1. The number of aryl methyl sites for hydroxylation is 1. The number of primary amides is 1. The minimum atomic E-state index is -0.407. The van der Waals surface area contributed by atoms with Crippen molar-refractivity contribution in [3.63, 3.8) is 0 Å². The molecule has 0 bridgehead atoms. The Labute approximate surface area is 146 Å². The summed E-state index contributed by atoms with van der Waals surface area (Å²) in [7, 11) is 0. The molecule has 0 atom stereocenters. The van der Waals surface area contributed by atoms with Crippen LogP contribution >= 0.6 is 0 Å². The molecule has 0 unspecified atom stereocenters. The lowest BCUT2D eigenvalue weighted by atomic mass is 10.1. The Morgan fingerprint density at radius 2 is 1.76 bits per heavy atom. The summed E-state index contributed by atoms with van der Waals surface area (Å²) in [5.74, 6) is -0.407. The number of aromatic nitrogens is 1. The molecule has 1 amide bonds. The van der Waals surface area contributed by atoms with E-state index in [1.165, 1.54) is 11.1 Å². The minimum absolute atomic E-state index is 0.407. The van der Waals surface area contributed by atoms with Gasteiger partial charge in [0.05, 0.1) is 11.0 Å². The highest BCUT2D eigenvalue weighted by Gasteiger charge is 2.16. The van der Waals surface area contributed by atoms with Crippen LogP contribution in [0.25, 0.3) is 21.8 Å². The van der Waals surface area contributed by atoms with E-state index in [1.807, 2.05) is 24.3 Å². The van der Waals surface area contributed by atoms with E-state index < -0.39 is 5.91 Å². The smallest absolute Gasteiger partial charge is 0.249 e. The predicted molar refractivity (Wildman–Crippen MR) is 102 cm³/mol. The summed E-state index contributed by atoms with van der Waals surface area (Å²) in [6, 6.07) is 23.4. The van der Waals surface area contributed by atoms with Crippen LogP contribution in [0.15, 0.2) is 60.7 Å². The maximum Gasteiger partial charge on any atom is 0.249 e. The Hall–Kier alpha value is -3.07. The van der Waals surface area contributed by atoms with E-state index in [0.29, 0.717) is 5.56 Å². The minimum Gasteiger partial charge on any atom is -0.366 e. The van der Waals surface area contributed by atoms with Crippen LogP contribution in [-0.2, 0) is 13.0 Å². The molecular formula is C22H19N2O. The average Bonchev–Trinajstić information content (AvgIpc) is 2.96. The Morgan fingerprint density at radius 1 is 1.00 bits per heavy atom. The fourth-order valence-corrected chi connectivity index (χ4v) is 3.61. The summed E-state index contributed by atoms with van der Waals surface area (Å²) in [5.41, 5.74) is 10.9. The molecule has 0 spiro atoms. The third kappa shape index (κ3) is 2.49. The highest BCUT2D eigenvalue weighted by Crippen LogP contribution is 2.32. The molecule has 3 nitrogen and oxygen atoms in total. The van der Waals surface area contributed by atoms with E-state index >= 15 is 0 Å². The number of nitrogens with two attached hydrogens (primary N) is 1. The van der Waals surface area contributed by atoms with Crippen LogP contribution in [0.1, 0.15) is 28.4 Å². The van der Waals surface area contributed by atoms with E-state index in [4.69, 9.17) is 5.73 Å². The molecule has 4 rings (SSSR count). The summed E-state index contributed by atoms with van der Waals surface area (Å²) in [6.07, 6.45) is 0.992. The molecule has 0 aliphatic rings. The van der Waals surface area contributed by atoms with Gasteiger partial charge in [-0.3, -0.25) is 4.79 Å². The third-order valence-corrected chi connectivity index (χ3v) is 4.80. The van der Waals surface area contributed by atoms with E-state index in [0.717, 1.165) is 34.8 Å². The van der Waals surface area contributed by atoms with Gasteiger partial charge in [0.1, 0.15) is 0 Å². The molecule has 4 aromatic rings. The molecule has 1 aromatic heterocycles. The highest BCUT2D eigenvalue weighted by molar-refractivity contribution is 6.17. The number of benzene rings is 3. The van der Waals surface area contributed by atoms with Gasteiger partial charge in [0.15, 0.2) is 0 Å². The van der Waals surface area contributed by atoms with E-state index in [1.54, 1.807) is 6.07 Å². The van der Waals surface area contributed by atoms with Crippen LogP contribution in [0, 0.1) is 6.07 Å². The molecule has 0 aliphatic heterocycles. The molecule has 0 saturated heterocycles. The second-order valence-electron chi connectivity index (χ2n) is 6.20. The van der Waals surface area contributed by atoms with Crippen molar-refractivity contribution in [1.29, 1.82) is 0 Å². The molecule has 25 heavy (non-hydrogen) atoms. The average molecular weight is 327 g/mol. The van der Waals surface area contributed by atoms with E-state index in [9.17, 15) is 4.79 Å². The van der Waals surface area contributed by atoms with Gasteiger partial charge in [-0.15, -0.1) is 0 Å². The molecule has 0 saturated carbocycles. The molecule has 3 heteroatoms. The zero-order valence-electron chi connectivity index (χ0n) is 14.1. The SMILES string of the molecule is CCc1ccccc1Cn1c2ccc[c]c2c2c(C(N)=O)cccc21. The van der Waals surface area contributed by atoms with Gasteiger partial charge in [-0.25, -0.2) is 0 Å². The first-order valence-electron chi connectivity index (χ1n) is 8.49. The number of amides is 1. The van der Waals surface area contributed by atoms with Crippen LogP contribution in [0.3, 0.4) is 0 Å². The van der Waals surface area contributed by atoms with Crippen LogP contribution < -0.4 is 5.73 Å². The van der Waals surface area contributed by atoms with E-state index in [-0.39, 0.29) is 0 Å². The molecule has 3 aromatic carbocycles. The summed E-state index contributed by atoms with van der Waals surface area (Å²) in [4.78, 5) is 11.9. The van der Waals surface area contributed by atoms with Crippen molar-refractivity contribution in [3.8, 4) is 0 Å². The van der Waals surface area contributed by atoms with Gasteiger partial charge in [-0.05, 0) is 41.8 Å². The Bertz CT molecular complexity index is 1090. The van der Waals surface area contributed by atoms with Crippen molar-refractivity contribution in [2.45, 2.75) is 19.9 Å². The predicted octanol–water partition coefficient (Wildman–Crippen LogP) is 4.30. The van der Waals surface area contributed by atoms with Crippen LogP contribution in [-0.4, -0.2) is 10.5 Å². The summed E-state index contributed by atoms with van der Waals surface area (Å²) in [6.45, 7) is 2.92. The molecular weight excluding hydrogens is 308 g/mol. The number of rotatable bonds is 4. The molecule has 0 fully saturated rings. The fraction of sp³-hybridized carbons (Fsp3) is 0.136. The summed E-state index contributed by atoms with van der Waals surface area (Å²) < 4.78 is 2.25. The fourth-order valence-electron chi connectivity index (χ4n) is 3.61. The Balaban J connectivity index is 2.03. The summed E-state index contributed by atoms with van der Waals surface area (Å²) in [5, 5.41) is 1.83. The molecule has 2 N–H and O–H groups in total. The number of hydrogen-bond donors (Lipinski definition) is 1. The van der Waals surface area contributed by atoms with Crippen LogP contribution in [0.4, 0.5) is 0 Å². The van der Waals surface area contributed by atoms with Gasteiger partial charge in [0.2, 0.25) is 5.91 Å². The summed E-state index contributed by atoms with van der Waals surface area (Å²) >= 11 is 0. The first-order valence-corrected chi connectivity index (χ1v) is 8.49. The lowest BCUT2D eigenvalue weighted by Gasteiger charge is -2.11. The van der Waals surface area contributed by atoms with Crippen molar-refractivity contribution in [2.75, 3.05) is 0 Å². The molecule has 1 heterocycles. The highest BCUT2D eigenvalue weighted by atomic mass is 16.1. The number of carbonyl (C=O) groups excluding carboxylic acids is 1. The van der Waals surface area contributed by atoms with Crippen molar-refractivity contribution in [3.05, 3.63) is 83.4 Å². The van der Waals surface area contributed by atoms with Crippen LogP contribution in [0.5, 0.6) is 0 Å². The van der Waals surface area contributed by atoms with Gasteiger partial charge >= 0.3 is 0 Å². The topological polar surface area (TPSA) is 48.0 Å². The maximum absolute atomic E-state index is 11.9. The molecule has 123 valence electrons. The van der Waals surface area contributed by atoms with Crippen molar-refractivity contribution in [1.82, 2.24) is 4.57 Å². The number of nitrogens with zero attached hydrogens (tertiary/aromatic N) is 1. The first kappa shape index (κ1) is 15.5. The second kappa shape index (κ2) is 6.10.